The first-order chi connectivity index (χ1) is 14.6. The summed E-state index contributed by atoms with van der Waals surface area (Å²) in [5.41, 5.74) is 3.05. The summed E-state index contributed by atoms with van der Waals surface area (Å²) in [5.74, 6) is -0.813. The molecule has 1 aliphatic rings. The fourth-order valence-electron chi connectivity index (χ4n) is 3.88. The van der Waals surface area contributed by atoms with Crippen molar-refractivity contribution in [3.05, 3.63) is 87.5 Å². The highest BCUT2D eigenvalue weighted by Crippen LogP contribution is 2.43. The van der Waals surface area contributed by atoms with Crippen LogP contribution in [0.15, 0.2) is 54.6 Å². The zero-order valence-electron chi connectivity index (χ0n) is 16.6. The van der Waals surface area contributed by atoms with E-state index in [0.717, 1.165) is 29.7 Å². The van der Waals surface area contributed by atoms with Gasteiger partial charge in [-0.3, -0.25) is 4.79 Å². The number of nitrogens with one attached hydrogen (secondary N) is 1. The Hall–Kier alpha value is -2.99. The second-order valence-corrected chi connectivity index (χ2v) is 8.34. The van der Waals surface area contributed by atoms with E-state index in [-0.39, 0.29) is 12.5 Å². The van der Waals surface area contributed by atoms with Gasteiger partial charge in [-0.25, -0.2) is 9.18 Å². The molecule has 1 unspecified atom stereocenters. The predicted octanol–water partition coefficient (Wildman–Crippen LogP) is 5.59. The highest BCUT2D eigenvalue weighted by molar-refractivity contribution is 7.17. The van der Waals surface area contributed by atoms with Crippen molar-refractivity contribution < 1.29 is 18.7 Å². The minimum atomic E-state index is -0.414. The van der Waals surface area contributed by atoms with Gasteiger partial charge in [0.2, 0.25) is 0 Å². The molecule has 0 saturated heterocycles. The maximum atomic E-state index is 13.2. The van der Waals surface area contributed by atoms with Crippen LogP contribution in [0, 0.1) is 5.82 Å². The van der Waals surface area contributed by atoms with Gasteiger partial charge in [0.15, 0.2) is 0 Å². The van der Waals surface area contributed by atoms with Gasteiger partial charge in [0.25, 0.3) is 5.91 Å². The second-order valence-electron chi connectivity index (χ2n) is 7.24. The monoisotopic (exact) mass is 423 g/mol. The minimum Gasteiger partial charge on any atom is -0.462 e. The predicted molar refractivity (Wildman–Crippen MR) is 116 cm³/mol. The third-order valence-corrected chi connectivity index (χ3v) is 6.52. The first-order valence-corrected chi connectivity index (χ1v) is 10.8. The highest BCUT2D eigenvalue weighted by atomic mass is 32.1. The van der Waals surface area contributed by atoms with E-state index in [2.05, 4.69) is 17.4 Å². The lowest BCUT2D eigenvalue weighted by molar-refractivity contribution is 0.0526. The van der Waals surface area contributed by atoms with Crippen LogP contribution in [0.1, 0.15) is 56.0 Å². The molecule has 1 heterocycles. The maximum Gasteiger partial charge on any atom is 0.341 e. The molecule has 0 bridgehead atoms. The number of amides is 1. The summed E-state index contributed by atoms with van der Waals surface area (Å²) in [7, 11) is 0. The van der Waals surface area contributed by atoms with Gasteiger partial charge >= 0.3 is 5.97 Å². The molecule has 0 radical (unpaired) electrons. The van der Waals surface area contributed by atoms with E-state index in [4.69, 9.17) is 4.74 Å². The lowest BCUT2D eigenvalue weighted by Crippen LogP contribution is -2.17. The van der Waals surface area contributed by atoms with Gasteiger partial charge in [-0.05, 0) is 67.5 Å². The molecule has 6 heteroatoms. The van der Waals surface area contributed by atoms with E-state index < -0.39 is 11.8 Å². The van der Waals surface area contributed by atoms with Crippen molar-refractivity contribution in [3.8, 4) is 0 Å². The molecule has 0 saturated carbocycles. The summed E-state index contributed by atoms with van der Waals surface area (Å²) in [4.78, 5) is 26.5. The number of rotatable bonds is 5. The number of benzene rings is 2. The number of carbonyl (C=O) groups is 2. The number of thiophene rings is 1. The number of ether oxygens (including phenoxy) is 1. The SMILES string of the molecule is CCOC(=O)c1c(NC(=O)c2ccc(F)cc2)sc2c1CCC(c1ccccc1)C2. The number of anilines is 1. The Morgan fingerprint density at radius 1 is 1.13 bits per heavy atom. The fraction of sp³-hybridized carbons (Fsp3) is 0.250. The van der Waals surface area contributed by atoms with Crippen molar-refractivity contribution >= 4 is 28.2 Å². The molecule has 1 aliphatic carbocycles. The Bertz CT molecular complexity index is 1060. The molecular weight excluding hydrogens is 401 g/mol. The van der Waals surface area contributed by atoms with Gasteiger partial charge in [-0.1, -0.05) is 30.3 Å². The lowest BCUT2D eigenvalue weighted by Gasteiger charge is -2.23. The van der Waals surface area contributed by atoms with Gasteiger partial charge in [0.05, 0.1) is 12.2 Å². The van der Waals surface area contributed by atoms with Crippen LogP contribution in [-0.2, 0) is 17.6 Å². The van der Waals surface area contributed by atoms with E-state index in [0.29, 0.717) is 22.0 Å². The molecule has 30 heavy (non-hydrogen) atoms. The Kier molecular flexibility index (Phi) is 5.95. The number of esters is 1. The van der Waals surface area contributed by atoms with Crippen molar-refractivity contribution in [3.63, 3.8) is 0 Å². The Morgan fingerprint density at radius 3 is 2.57 bits per heavy atom. The topological polar surface area (TPSA) is 55.4 Å². The maximum absolute atomic E-state index is 13.2. The van der Waals surface area contributed by atoms with Gasteiger partial charge in [0.1, 0.15) is 10.8 Å². The van der Waals surface area contributed by atoms with Crippen LogP contribution in [0.4, 0.5) is 9.39 Å². The molecular formula is C24H22FNO3S. The Morgan fingerprint density at radius 2 is 1.87 bits per heavy atom. The molecule has 1 N–H and O–H groups in total. The molecule has 154 valence electrons. The van der Waals surface area contributed by atoms with Crippen LogP contribution in [0.2, 0.25) is 0 Å². The van der Waals surface area contributed by atoms with Crippen LogP contribution < -0.4 is 5.32 Å². The van der Waals surface area contributed by atoms with Crippen molar-refractivity contribution in [1.82, 2.24) is 0 Å². The van der Waals surface area contributed by atoms with Crippen LogP contribution in [0.3, 0.4) is 0 Å². The minimum absolute atomic E-state index is 0.265. The number of hydrogen-bond acceptors (Lipinski definition) is 4. The Balaban J connectivity index is 1.65. The zero-order chi connectivity index (χ0) is 21.1. The van der Waals surface area contributed by atoms with Gasteiger partial charge in [-0.15, -0.1) is 11.3 Å². The molecule has 4 rings (SSSR count). The molecule has 1 aromatic heterocycles. The molecule has 0 aliphatic heterocycles. The highest BCUT2D eigenvalue weighted by Gasteiger charge is 2.31. The largest absolute Gasteiger partial charge is 0.462 e. The summed E-state index contributed by atoms with van der Waals surface area (Å²) >= 11 is 1.43. The van der Waals surface area contributed by atoms with Crippen LogP contribution in [0.5, 0.6) is 0 Å². The molecule has 0 spiro atoms. The van der Waals surface area contributed by atoms with Crippen molar-refractivity contribution in [2.45, 2.75) is 32.1 Å². The fourth-order valence-corrected chi connectivity index (χ4v) is 5.19. The normalized spacial score (nSPS) is 15.3. The number of halogens is 1. The van der Waals surface area contributed by atoms with Crippen LogP contribution in [-0.4, -0.2) is 18.5 Å². The summed E-state index contributed by atoms with van der Waals surface area (Å²) in [5, 5.41) is 3.36. The van der Waals surface area contributed by atoms with E-state index in [1.807, 2.05) is 18.2 Å². The molecule has 3 aromatic rings. The first-order valence-electron chi connectivity index (χ1n) is 10.00. The molecule has 4 nitrogen and oxygen atoms in total. The van der Waals surface area contributed by atoms with E-state index in [1.54, 1.807) is 6.92 Å². The van der Waals surface area contributed by atoms with Crippen molar-refractivity contribution in [2.24, 2.45) is 0 Å². The quantitative estimate of drug-likeness (QED) is 0.545. The van der Waals surface area contributed by atoms with Crippen LogP contribution in [0.25, 0.3) is 0 Å². The standard InChI is InChI=1S/C24H22FNO3S/c1-2-29-24(28)21-19-13-10-17(15-6-4-3-5-7-15)14-20(19)30-23(21)26-22(27)16-8-11-18(25)12-9-16/h3-9,11-12,17H,2,10,13-14H2,1H3,(H,26,27). The van der Waals surface area contributed by atoms with Gasteiger partial charge in [0, 0.05) is 10.4 Å². The Labute approximate surface area is 178 Å². The zero-order valence-corrected chi connectivity index (χ0v) is 17.4. The van der Waals surface area contributed by atoms with Crippen molar-refractivity contribution in [1.29, 1.82) is 0 Å². The number of fused-ring (bicyclic) bond motifs is 1. The van der Waals surface area contributed by atoms with Crippen LogP contribution >= 0.6 is 11.3 Å². The lowest BCUT2D eigenvalue weighted by atomic mass is 9.83. The third-order valence-electron chi connectivity index (χ3n) is 5.35. The summed E-state index contributed by atoms with van der Waals surface area (Å²) in [6.45, 7) is 2.03. The van der Waals surface area contributed by atoms with E-state index >= 15 is 0 Å². The second kappa shape index (κ2) is 8.79. The smallest absolute Gasteiger partial charge is 0.341 e. The van der Waals surface area contributed by atoms with Gasteiger partial charge < -0.3 is 10.1 Å². The third kappa shape index (κ3) is 4.14. The summed E-state index contributed by atoms with van der Waals surface area (Å²) in [6, 6.07) is 15.7. The summed E-state index contributed by atoms with van der Waals surface area (Å²) < 4.78 is 18.4. The molecule has 1 amide bonds. The van der Waals surface area contributed by atoms with Gasteiger partial charge in [-0.2, -0.15) is 0 Å². The molecule has 0 fully saturated rings. The average Bonchev–Trinajstić information content (AvgIpc) is 3.12. The summed E-state index contributed by atoms with van der Waals surface area (Å²) in [6.07, 6.45) is 2.51. The molecule has 1 atom stereocenters. The van der Waals surface area contributed by atoms with E-state index in [9.17, 15) is 14.0 Å². The number of carbonyl (C=O) groups excluding carboxylic acids is 2. The van der Waals surface area contributed by atoms with Crippen molar-refractivity contribution in [2.75, 3.05) is 11.9 Å². The molecule has 2 aromatic carbocycles. The first kappa shape index (κ1) is 20.3. The van der Waals surface area contributed by atoms with E-state index in [1.165, 1.54) is 41.2 Å². The number of hydrogen-bond donors (Lipinski definition) is 1. The average molecular weight is 424 g/mol.